The lowest BCUT2D eigenvalue weighted by molar-refractivity contribution is -0.137. The molecule has 2 aromatic rings. The van der Waals surface area contributed by atoms with Crippen LogP contribution in [0.4, 0.5) is 13.2 Å². The zero-order valence-electron chi connectivity index (χ0n) is 23.3. The summed E-state index contributed by atoms with van der Waals surface area (Å²) in [5.41, 5.74) is 2.32. The fourth-order valence-corrected chi connectivity index (χ4v) is 4.27. The number of piperidine rings is 1. The van der Waals surface area contributed by atoms with Crippen molar-refractivity contribution in [3.8, 4) is 6.07 Å². The van der Waals surface area contributed by atoms with Crippen molar-refractivity contribution < 1.29 is 18.0 Å². The first-order valence-corrected chi connectivity index (χ1v) is 13.3. The summed E-state index contributed by atoms with van der Waals surface area (Å²) in [4.78, 5) is 23.6. The average molecular weight is 539 g/mol. The molecular weight excluding hydrogens is 501 g/mol. The normalized spacial score (nSPS) is 16.2. The van der Waals surface area contributed by atoms with Gasteiger partial charge in [-0.3, -0.25) is 4.79 Å². The molecule has 1 amide bonds. The fraction of sp³-hybridized carbons (Fsp3) is 0.419. The lowest BCUT2D eigenvalue weighted by atomic mass is 9.75. The van der Waals surface area contributed by atoms with Crippen LogP contribution in [0.5, 0.6) is 0 Å². The summed E-state index contributed by atoms with van der Waals surface area (Å²) in [7, 11) is 0. The number of carbonyl (C=O) groups is 1. The van der Waals surface area contributed by atoms with E-state index >= 15 is 0 Å². The van der Waals surface area contributed by atoms with Gasteiger partial charge in [0.2, 0.25) is 0 Å². The summed E-state index contributed by atoms with van der Waals surface area (Å²) in [6.45, 7) is 10.7. The van der Waals surface area contributed by atoms with Crippen LogP contribution in [0, 0.1) is 16.7 Å². The van der Waals surface area contributed by atoms with Crippen molar-refractivity contribution >= 4 is 11.5 Å². The van der Waals surface area contributed by atoms with E-state index in [1.165, 1.54) is 24.0 Å². The molecule has 1 aromatic carbocycles. The van der Waals surface area contributed by atoms with Crippen molar-refractivity contribution in [2.45, 2.75) is 66.5 Å². The average Bonchev–Trinajstić information content (AvgIpc) is 2.96. The predicted molar refractivity (Wildman–Crippen MR) is 148 cm³/mol. The summed E-state index contributed by atoms with van der Waals surface area (Å²) < 4.78 is 38.7. The van der Waals surface area contributed by atoms with Crippen molar-refractivity contribution in [2.24, 2.45) is 5.41 Å². The van der Waals surface area contributed by atoms with Crippen LogP contribution in [-0.4, -0.2) is 33.9 Å². The maximum atomic E-state index is 13.6. The largest absolute Gasteiger partial charge is 0.416 e. The Labute approximate surface area is 229 Å². The van der Waals surface area contributed by atoms with Gasteiger partial charge in [-0.2, -0.15) is 18.4 Å². The minimum absolute atomic E-state index is 0.143. The number of likely N-dealkylation sites (tertiary alicyclic amines) is 1. The molecule has 208 valence electrons. The summed E-state index contributed by atoms with van der Waals surface area (Å²) in [6.07, 6.45) is 6.43. The molecule has 8 heteroatoms. The van der Waals surface area contributed by atoms with E-state index in [1.54, 1.807) is 23.2 Å². The van der Waals surface area contributed by atoms with Crippen LogP contribution in [0.1, 0.15) is 70.7 Å². The Balaban J connectivity index is 0.00000260. The van der Waals surface area contributed by atoms with E-state index in [2.05, 4.69) is 23.0 Å². The van der Waals surface area contributed by atoms with Crippen LogP contribution in [0.15, 0.2) is 72.2 Å². The highest BCUT2D eigenvalue weighted by Gasteiger charge is 2.37. The molecule has 1 aromatic heterocycles. The van der Waals surface area contributed by atoms with E-state index in [-0.39, 0.29) is 5.91 Å². The number of nitriles is 1. The van der Waals surface area contributed by atoms with Crippen LogP contribution in [0.3, 0.4) is 0 Å². The summed E-state index contributed by atoms with van der Waals surface area (Å²) >= 11 is 0. The van der Waals surface area contributed by atoms with E-state index < -0.39 is 17.2 Å². The highest BCUT2D eigenvalue weighted by atomic mass is 19.4. The SMILES string of the molecule is CC.CC/C(C)=C/C=C\C(C(=O)N1CCC(C#N)(Cc2ccc(C(F)(F)F)cc2)CC1)=C(/C)c1ccncn1. The molecule has 0 atom stereocenters. The van der Waals surface area contributed by atoms with Gasteiger partial charge >= 0.3 is 6.18 Å². The minimum Gasteiger partial charge on any atom is -0.339 e. The Morgan fingerprint density at radius 2 is 1.77 bits per heavy atom. The van der Waals surface area contributed by atoms with E-state index in [4.69, 9.17) is 0 Å². The van der Waals surface area contributed by atoms with Gasteiger partial charge in [-0.15, -0.1) is 0 Å². The van der Waals surface area contributed by atoms with Crippen LogP contribution in [0.2, 0.25) is 0 Å². The molecule has 1 aliphatic heterocycles. The van der Waals surface area contributed by atoms with Crippen LogP contribution < -0.4 is 0 Å². The lowest BCUT2D eigenvalue weighted by Gasteiger charge is -2.37. The van der Waals surface area contributed by atoms with Gasteiger partial charge in [0.1, 0.15) is 6.33 Å². The Bertz CT molecular complexity index is 1220. The van der Waals surface area contributed by atoms with Crippen molar-refractivity contribution in [1.82, 2.24) is 14.9 Å². The van der Waals surface area contributed by atoms with E-state index in [0.717, 1.165) is 24.1 Å². The molecule has 1 aliphatic rings. The second-order valence-electron chi connectivity index (χ2n) is 9.41. The number of nitrogens with zero attached hydrogens (tertiary/aromatic N) is 4. The molecule has 0 radical (unpaired) electrons. The predicted octanol–water partition coefficient (Wildman–Crippen LogP) is 7.58. The van der Waals surface area contributed by atoms with E-state index in [0.29, 0.717) is 49.2 Å². The molecule has 0 N–H and O–H groups in total. The molecule has 0 saturated carbocycles. The van der Waals surface area contributed by atoms with E-state index in [1.807, 2.05) is 39.8 Å². The first kappa shape index (κ1) is 31.5. The number of hydrogen-bond acceptors (Lipinski definition) is 4. The molecule has 1 saturated heterocycles. The smallest absolute Gasteiger partial charge is 0.339 e. The van der Waals surface area contributed by atoms with Gasteiger partial charge < -0.3 is 4.90 Å². The highest BCUT2D eigenvalue weighted by Crippen LogP contribution is 2.36. The number of benzene rings is 1. The number of hydrogen-bond donors (Lipinski definition) is 0. The van der Waals surface area contributed by atoms with Gasteiger partial charge in [0, 0.05) is 24.9 Å². The Kier molecular flexibility index (Phi) is 11.7. The van der Waals surface area contributed by atoms with Crippen molar-refractivity contribution in [3.63, 3.8) is 0 Å². The number of aromatic nitrogens is 2. The number of rotatable bonds is 7. The Morgan fingerprint density at radius 1 is 1.13 bits per heavy atom. The van der Waals surface area contributed by atoms with Crippen LogP contribution in [0.25, 0.3) is 5.57 Å². The summed E-state index contributed by atoms with van der Waals surface area (Å²) in [5, 5.41) is 9.97. The Hall–Kier alpha value is -3.73. The molecular formula is C31H37F3N4O. The number of allylic oxidation sites excluding steroid dienone is 4. The maximum Gasteiger partial charge on any atom is 0.416 e. The standard InChI is InChI=1S/C29H31F3N4O.C2H6/c1-4-21(2)6-5-7-25(22(3)26-12-15-34-20-35-26)27(37)36-16-13-28(19-33,14-17-36)18-23-8-10-24(11-9-23)29(30,31)32;1-2/h5-12,15,20H,4,13-14,16-18H2,1-3H3;1-2H3/b7-5-,21-6+,25-22-;. The summed E-state index contributed by atoms with van der Waals surface area (Å²) in [5.74, 6) is -0.143. The number of carbonyl (C=O) groups excluding carboxylic acids is 1. The number of amides is 1. The zero-order chi connectivity index (χ0) is 29.1. The van der Waals surface area contributed by atoms with Gasteiger partial charge in [-0.05, 0) is 74.9 Å². The molecule has 0 unspecified atom stereocenters. The van der Waals surface area contributed by atoms with Gasteiger partial charge in [-0.1, -0.05) is 50.6 Å². The summed E-state index contributed by atoms with van der Waals surface area (Å²) in [6, 6.07) is 9.11. The Morgan fingerprint density at radius 3 is 2.28 bits per heavy atom. The monoisotopic (exact) mass is 538 g/mol. The lowest BCUT2D eigenvalue weighted by Crippen LogP contribution is -2.44. The van der Waals surface area contributed by atoms with Crippen molar-refractivity contribution in [2.75, 3.05) is 13.1 Å². The highest BCUT2D eigenvalue weighted by molar-refractivity contribution is 6.03. The van der Waals surface area contributed by atoms with Crippen molar-refractivity contribution in [1.29, 1.82) is 5.26 Å². The molecule has 0 spiro atoms. The van der Waals surface area contributed by atoms with Gasteiger partial charge in [0.25, 0.3) is 5.91 Å². The zero-order valence-corrected chi connectivity index (χ0v) is 23.3. The third-order valence-electron chi connectivity index (χ3n) is 6.87. The number of halogens is 3. The van der Waals surface area contributed by atoms with Gasteiger partial charge in [-0.25, -0.2) is 9.97 Å². The number of alkyl halides is 3. The fourth-order valence-electron chi connectivity index (χ4n) is 4.27. The molecule has 3 rings (SSSR count). The molecule has 0 bridgehead atoms. The van der Waals surface area contributed by atoms with Gasteiger partial charge in [0.15, 0.2) is 0 Å². The molecule has 0 aliphatic carbocycles. The first-order valence-electron chi connectivity index (χ1n) is 13.3. The van der Waals surface area contributed by atoms with Crippen LogP contribution in [-0.2, 0) is 17.4 Å². The second-order valence-corrected chi connectivity index (χ2v) is 9.41. The molecule has 1 fully saturated rings. The van der Waals surface area contributed by atoms with E-state index in [9.17, 15) is 23.2 Å². The van der Waals surface area contributed by atoms with Gasteiger partial charge in [0.05, 0.1) is 22.7 Å². The third kappa shape index (κ3) is 8.64. The molecule has 39 heavy (non-hydrogen) atoms. The quantitative estimate of drug-likeness (QED) is 0.269. The minimum atomic E-state index is -4.40. The molecule has 2 heterocycles. The first-order chi connectivity index (χ1) is 18.6. The maximum absolute atomic E-state index is 13.6. The second kappa shape index (κ2) is 14.4. The topological polar surface area (TPSA) is 69.9 Å². The van der Waals surface area contributed by atoms with Crippen molar-refractivity contribution in [3.05, 3.63) is 89.1 Å². The third-order valence-corrected chi connectivity index (χ3v) is 6.87. The molecule has 5 nitrogen and oxygen atoms in total. The van der Waals surface area contributed by atoms with Crippen LogP contribution >= 0.6 is 0 Å².